The fourth-order valence-corrected chi connectivity index (χ4v) is 4.52. The van der Waals surface area contributed by atoms with E-state index in [0.717, 1.165) is 0 Å². The molecule has 2 amide bonds. The Morgan fingerprint density at radius 1 is 0.968 bits per heavy atom. The first-order valence-electron chi connectivity index (χ1n) is 11.4. The summed E-state index contributed by atoms with van der Waals surface area (Å²) in [6, 6.07) is 18.7. The van der Waals surface area contributed by atoms with E-state index in [-0.39, 0.29) is 17.2 Å². The van der Waals surface area contributed by atoms with Crippen molar-refractivity contribution in [1.82, 2.24) is 10.2 Å². The highest BCUT2D eigenvalue weighted by molar-refractivity contribution is 5.84. The number of hydrogen-bond acceptors (Lipinski definition) is 2. The van der Waals surface area contributed by atoms with Gasteiger partial charge in [0.25, 0.3) is 0 Å². The third-order valence-corrected chi connectivity index (χ3v) is 6.20. The number of piperidine rings is 1. The fourth-order valence-electron chi connectivity index (χ4n) is 4.52. The van der Waals surface area contributed by atoms with Crippen LogP contribution in [-0.4, -0.2) is 36.3 Å². The van der Waals surface area contributed by atoms with Gasteiger partial charge in [-0.25, -0.2) is 0 Å². The molecule has 1 heterocycles. The van der Waals surface area contributed by atoms with E-state index in [4.69, 9.17) is 0 Å². The molecule has 166 valence electrons. The van der Waals surface area contributed by atoms with Crippen LogP contribution in [0, 0.1) is 10.8 Å². The van der Waals surface area contributed by atoms with E-state index in [9.17, 15) is 9.59 Å². The number of carbonyl (C=O) groups is 2. The minimum absolute atomic E-state index is 0.0279. The molecule has 2 aromatic rings. The van der Waals surface area contributed by atoms with Gasteiger partial charge in [-0.05, 0) is 48.3 Å². The summed E-state index contributed by atoms with van der Waals surface area (Å²) in [5.74, 6) is 0.308. The van der Waals surface area contributed by atoms with E-state index in [1.54, 1.807) is 0 Å². The number of rotatable bonds is 6. The molecule has 0 unspecified atom stereocenters. The summed E-state index contributed by atoms with van der Waals surface area (Å²) in [6.45, 7) is 10.1. The smallest absolute Gasteiger partial charge is 0.226 e. The lowest BCUT2D eigenvalue weighted by Crippen LogP contribution is -2.51. The van der Waals surface area contributed by atoms with Crippen LogP contribution in [0.3, 0.4) is 0 Å². The van der Waals surface area contributed by atoms with Gasteiger partial charge in [-0.15, -0.1) is 0 Å². The van der Waals surface area contributed by atoms with E-state index in [0.29, 0.717) is 45.3 Å². The molecule has 1 aliphatic rings. The van der Waals surface area contributed by atoms with E-state index >= 15 is 0 Å². The Morgan fingerprint density at radius 2 is 1.58 bits per heavy atom. The Morgan fingerprint density at radius 3 is 2.19 bits per heavy atom. The van der Waals surface area contributed by atoms with Crippen LogP contribution in [-0.2, 0) is 16.0 Å². The quantitative estimate of drug-likeness (QED) is 0.709. The first kappa shape index (κ1) is 23.1. The number of benzene rings is 2. The largest absolute Gasteiger partial charge is 0.356 e. The second-order valence-electron chi connectivity index (χ2n) is 9.96. The van der Waals surface area contributed by atoms with Crippen molar-refractivity contribution in [3.05, 3.63) is 60.2 Å². The van der Waals surface area contributed by atoms with E-state index < -0.39 is 5.41 Å². The summed E-state index contributed by atoms with van der Waals surface area (Å²) in [4.78, 5) is 28.0. The number of nitrogens with zero attached hydrogens (tertiary/aromatic N) is 1. The van der Waals surface area contributed by atoms with Crippen molar-refractivity contribution in [2.75, 3.05) is 19.6 Å². The van der Waals surface area contributed by atoms with Crippen molar-refractivity contribution in [1.29, 1.82) is 0 Å². The van der Waals surface area contributed by atoms with Gasteiger partial charge in [0.2, 0.25) is 11.8 Å². The van der Waals surface area contributed by atoms with E-state index in [1.807, 2.05) is 30.0 Å². The first-order valence-corrected chi connectivity index (χ1v) is 11.4. The molecule has 0 aliphatic carbocycles. The predicted molar refractivity (Wildman–Crippen MR) is 127 cm³/mol. The third kappa shape index (κ3) is 5.75. The molecule has 2 aromatic carbocycles. The van der Waals surface area contributed by atoms with Crippen LogP contribution in [0.25, 0.3) is 11.1 Å². The van der Waals surface area contributed by atoms with Crippen molar-refractivity contribution in [2.45, 2.75) is 53.4 Å². The highest BCUT2D eigenvalue weighted by Crippen LogP contribution is 2.38. The molecule has 0 aromatic heterocycles. The summed E-state index contributed by atoms with van der Waals surface area (Å²) in [5.41, 5.74) is 3.02. The van der Waals surface area contributed by atoms with Crippen LogP contribution in [0.5, 0.6) is 0 Å². The van der Waals surface area contributed by atoms with E-state index in [2.05, 4.69) is 62.5 Å². The number of nitrogens with one attached hydrogen (secondary N) is 1. The SMILES string of the molecule is CCNC(=O)C1(Cc2ccccc2-c2ccccc2)CCN(C(=O)CC(C)(C)C)CC1. The van der Waals surface area contributed by atoms with Gasteiger partial charge in [0, 0.05) is 26.1 Å². The average Bonchev–Trinajstić information content (AvgIpc) is 2.74. The monoisotopic (exact) mass is 420 g/mol. The van der Waals surface area contributed by atoms with Gasteiger partial charge in [-0.2, -0.15) is 0 Å². The Bertz CT molecular complexity index is 891. The van der Waals surface area contributed by atoms with Gasteiger partial charge in [0.1, 0.15) is 0 Å². The summed E-state index contributed by atoms with van der Waals surface area (Å²) in [5, 5.41) is 3.08. The van der Waals surface area contributed by atoms with Crippen LogP contribution in [0.15, 0.2) is 54.6 Å². The van der Waals surface area contributed by atoms with Gasteiger partial charge in [0.15, 0.2) is 0 Å². The molecule has 3 rings (SSSR count). The summed E-state index contributed by atoms with van der Waals surface area (Å²) in [6.07, 6.45) is 2.61. The van der Waals surface area contributed by atoms with Gasteiger partial charge in [-0.1, -0.05) is 75.4 Å². The minimum Gasteiger partial charge on any atom is -0.356 e. The van der Waals surface area contributed by atoms with Crippen molar-refractivity contribution in [3.8, 4) is 11.1 Å². The van der Waals surface area contributed by atoms with Crippen molar-refractivity contribution >= 4 is 11.8 Å². The third-order valence-electron chi connectivity index (χ3n) is 6.20. The van der Waals surface area contributed by atoms with Crippen LogP contribution in [0.2, 0.25) is 0 Å². The molecule has 1 fully saturated rings. The summed E-state index contributed by atoms with van der Waals surface area (Å²) >= 11 is 0. The second-order valence-corrected chi connectivity index (χ2v) is 9.96. The molecule has 0 saturated carbocycles. The molecule has 4 heteroatoms. The zero-order valence-electron chi connectivity index (χ0n) is 19.4. The van der Waals surface area contributed by atoms with Gasteiger partial charge < -0.3 is 10.2 Å². The lowest BCUT2D eigenvalue weighted by molar-refractivity contribution is -0.141. The molecular weight excluding hydrogens is 384 g/mol. The van der Waals surface area contributed by atoms with Gasteiger partial charge >= 0.3 is 0 Å². The van der Waals surface area contributed by atoms with Gasteiger partial charge in [-0.3, -0.25) is 9.59 Å². The highest BCUT2D eigenvalue weighted by atomic mass is 16.2. The molecule has 0 radical (unpaired) electrons. The zero-order valence-corrected chi connectivity index (χ0v) is 19.4. The maximum absolute atomic E-state index is 13.3. The fraction of sp³-hybridized carbons (Fsp3) is 0.481. The molecule has 4 nitrogen and oxygen atoms in total. The standard InChI is InChI=1S/C27H36N2O2/c1-5-28-25(31)27(15-17-29(18-16-27)24(30)20-26(2,3)4)19-22-13-9-10-14-23(22)21-11-7-6-8-12-21/h6-14H,5,15-20H2,1-4H3,(H,28,31). The lowest BCUT2D eigenvalue weighted by atomic mass is 9.71. The maximum atomic E-state index is 13.3. The molecule has 1 aliphatic heterocycles. The zero-order chi connectivity index (χ0) is 22.5. The van der Waals surface area contributed by atoms with Crippen LogP contribution in [0.4, 0.5) is 0 Å². The summed E-state index contributed by atoms with van der Waals surface area (Å²) in [7, 11) is 0. The Hall–Kier alpha value is -2.62. The molecule has 0 spiro atoms. The Kier molecular flexibility index (Phi) is 7.19. The Labute approximate surface area is 187 Å². The Balaban J connectivity index is 1.84. The normalized spacial score (nSPS) is 16.1. The molecule has 1 saturated heterocycles. The summed E-state index contributed by atoms with van der Waals surface area (Å²) < 4.78 is 0. The minimum atomic E-state index is -0.487. The molecule has 1 N–H and O–H groups in total. The molecular formula is C27H36N2O2. The topological polar surface area (TPSA) is 49.4 Å². The van der Waals surface area contributed by atoms with Crippen LogP contribution >= 0.6 is 0 Å². The van der Waals surface area contributed by atoms with Crippen molar-refractivity contribution < 1.29 is 9.59 Å². The highest BCUT2D eigenvalue weighted by Gasteiger charge is 2.42. The molecule has 0 atom stereocenters. The number of carbonyl (C=O) groups excluding carboxylic acids is 2. The number of likely N-dealkylation sites (tertiary alicyclic amines) is 1. The number of amides is 2. The first-order chi connectivity index (χ1) is 14.7. The van der Waals surface area contributed by atoms with Crippen LogP contribution in [0.1, 0.15) is 52.5 Å². The van der Waals surface area contributed by atoms with Crippen LogP contribution < -0.4 is 5.32 Å². The molecule has 31 heavy (non-hydrogen) atoms. The van der Waals surface area contributed by atoms with Crippen molar-refractivity contribution in [3.63, 3.8) is 0 Å². The average molecular weight is 421 g/mol. The predicted octanol–water partition coefficient (Wildman–Crippen LogP) is 5.08. The van der Waals surface area contributed by atoms with Gasteiger partial charge in [0.05, 0.1) is 5.41 Å². The van der Waals surface area contributed by atoms with E-state index in [1.165, 1.54) is 16.7 Å². The van der Waals surface area contributed by atoms with Crippen molar-refractivity contribution in [2.24, 2.45) is 10.8 Å². The number of hydrogen-bond donors (Lipinski definition) is 1. The lowest BCUT2D eigenvalue weighted by Gasteiger charge is -2.41. The molecule has 0 bridgehead atoms. The maximum Gasteiger partial charge on any atom is 0.226 e. The second kappa shape index (κ2) is 9.67.